The van der Waals surface area contributed by atoms with Gasteiger partial charge >= 0.3 is 0 Å². The highest BCUT2D eigenvalue weighted by molar-refractivity contribution is 7.92. The van der Waals surface area contributed by atoms with Gasteiger partial charge in [0.05, 0.1) is 17.4 Å². The summed E-state index contributed by atoms with van der Waals surface area (Å²) in [5.41, 5.74) is 0.119. The predicted octanol–water partition coefficient (Wildman–Crippen LogP) is 2.80. The lowest BCUT2D eigenvalue weighted by Crippen LogP contribution is -2.45. The Labute approximate surface area is 147 Å². The number of carbonyl (C=O) groups excluding carboxylic acids is 1. The molecule has 2 aromatic rings. The number of nitrogens with one attached hydrogen (secondary N) is 2. The van der Waals surface area contributed by atoms with Crippen molar-refractivity contribution in [3.05, 3.63) is 54.4 Å². The van der Waals surface area contributed by atoms with Crippen molar-refractivity contribution in [3.63, 3.8) is 0 Å². The standard InChI is InChI=1S/C18H21N3O3S/c1-18(2,13-9-10-13)20-17(22)15-7-3-4-8-16(15)25(23,24)21-14-6-5-11-19-12-14/h3-8,11-13,21H,9-10H2,1-2H3,(H,20,22). The molecule has 0 saturated heterocycles. The topological polar surface area (TPSA) is 88.2 Å². The predicted molar refractivity (Wildman–Crippen MR) is 95.8 cm³/mol. The molecule has 1 aromatic heterocycles. The van der Waals surface area contributed by atoms with Crippen molar-refractivity contribution in [2.45, 2.75) is 37.1 Å². The molecule has 1 saturated carbocycles. The molecule has 132 valence electrons. The molecule has 0 unspecified atom stereocenters. The van der Waals surface area contributed by atoms with Crippen LogP contribution in [-0.4, -0.2) is 24.8 Å². The highest BCUT2D eigenvalue weighted by Crippen LogP contribution is 2.39. The highest BCUT2D eigenvalue weighted by atomic mass is 32.2. The average Bonchev–Trinajstić information content (AvgIpc) is 3.40. The molecule has 1 aliphatic carbocycles. The van der Waals surface area contributed by atoms with E-state index < -0.39 is 10.0 Å². The van der Waals surface area contributed by atoms with Gasteiger partial charge in [-0.3, -0.25) is 14.5 Å². The van der Waals surface area contributed by atoms with Gasteiger partial charge in [-0.1, -0.05) is 12.1 Å². The second-order valence-corrected chi connectivity index (χ2v) is 8.44. The third-order valence-corrected chi connectivity index (χ3v) is 5.81. The van der Waals surface area contributed by atoms with E-state index in [1.54, 1.807) is 30.5 Å². The first-order valence-corrected chi connectivity index (χ1v) is 9.62. The van der Waals surface area contributed by atoms with Gasteiger partial charge in [0.2, 0.25) is 0 Å². The summed E-state index contributed by atoms with van der Waals surface area (Å²) in [7, 11) is -3.90. The number of carbonyl (C=O) groups is 1. The van der Waals surface area contributed by atoms with Crippen molar-refractivity contribution in [1.29, 1.82) is 0 Å². The van der Waals surface area contributed by atoms with Crippen molar-refractivity contribution < 1.29 is 13.2 Å². The van der Waals surface area contributed by atoms with E-state index in [0.717, 1.165) is 12.8 Å². The average molecular weight is 359 g/mol. The minimum atomic E-state index is -3.90. The molecule has 1 amide bonds. The zero-order chi connectivity index (χ0) is 18.1. The Morgan fingerprint density at radius 2 is 1.88 bits per heavy atom. The number of anilines is 1. The Morgan fingerprint density at radius 3 is 2.52 bits per heavy atom. The van der Waals surface area contributed by atoms with Crippen LogP contribution in [0.1, 0.15) is 37.0 Å². The number of benzene rings is 1. The molecular weight excluding hydrogens is 338 g/mol. The van der Waals surface area contributed by atoms with Crippen LogP contribution in [-0.2, 0) is 10.0 Å². The van der Waals surface area contributed by atoms with Crippen LogP contribution in [0, 0.1) is 5.92 Å². The molecule has 6 nitrogen and oxygen atoms in total. The number of hydrogen-bond donors (Lipinski definition) is 2. The van der Waals surface area contributed by atoms with Crippen molar-refractivity contribution in [2.75, 3.05) is 4.72 Å². The van der Waals surface area contributed by atoms with Crippen LogP contribution in [0.2, 0.25) is 0 Å². The van der Waals surface area contributed by atoms with Crippen molar-refractivity contribution in [3.8, 4) is 0 Å². The number of rotatable bonds is 6. The molecule has 1 aromatic carbocycles. The van der Waals surface area contributed by atoms with Gasteiger partial charge in [-0.05, 0) is 56.9 Å². The van der Waals surface area contributed by atoms with Crippen LogP contribution in [0.25, 0.3) is 0 Å². The van der Waals surface area contributed by atoms with Crippen LogP contribution >= 0.6 is 0 Å². The Hall–Kier alpha value is -2.41. The molecule has 0 spiro atoms. The minimum Gasteiger partial charge on any atom is -0.347 e. The number of hydrogen-bond acceptors (Lipinski definition) is 4. The summed E-state index contributed by atoms with van der Waals surface area (Å²) in [6, 6.07) is 9.44. The summed E-state index contributed by atoms with van der Waals surface area (Å²) in [5.74, 6) is 0.0535. The molecule has 7 heteroatoms. The Balaban J connectivity index is 1.88. The van der Waals surface area contributed by atoms with E-state index in [0.29, 0.717) is 11.6 Å². The van der Waals surface area contributed by atoms with Gasteiger partial charge in [-0.25, -0.2) is 8.42 Å². The SMILES string of the molecule is CC(C)(NC(=O)c1ccccc1S(=O)(=O)Nc1cccnc1)C1CC1. The van der Waals surface area contributed by atoms with Gasteiger partial charge < -0.3 is 5.32 Å². The molecule has 1 aliphatic rings. The van der Waals surface area contributed by atoms with Gasteiger partial charge in [0.25, 0.3) is 15.9 Å². The largest absolute Gasteiger partial charge is 0.347 e. The van der Waals surface area contributed by atoms with Crippen molar-refractivity contribution in [1.82, 2.24) is 10.3 Å². The quantitative estimate of drug-likeness (QED) is 0.830. The maximum absolute atomic E-state index is 12.7. The Bertz CT molecular complexity index is 875. The summed E-state index contributed by atoms with van der Waals surface area (Å²) in [4.78, 5) is 16.5. The van der Waals surface area contributed by atoms with E-state index in [1.165, 1.54) is 18.3 Å². The first-order chi connectivity index (χ1) is 11.8. The molecule has 25 heavy (non-hydrogen) atoms. The monoisotopic (exact) mass is 359 g/mol. The van der Waals surface area contributed by atoms with E-state index in [1.807, 2.05) is 13.8 Å². The van der Waals surface area contributed by atoms with Crippen molar-refractivity contribution in [2.24, 2.45) is 5.92 Å². The summed E-state index contributed by atoms with van der Waals surface area (Å²) in [5, 5.41) is 2.97. The molecule has 0 atom stereocenters. The van der Waals surface area contributed by atoms with Crippen LogP contribution in [0.4, 0.5) is 5.69 Å². The van der Waals surface area contributed by atoms with Gasteiger partial charge in [0, 0.05) is 11.7 Å². The van der Waals surface area contributed by atoms with E-state index >= 15 is 0 Å². The summed E-state index contributed by atoms with van der Waals surface area (Å²) < 4.78 is 27.9. The second-order valence-electron chi connectivity index (χ2n) is 6.79. The zero-order valence-electron chi connectivity index (χ0n) is 14.2. The fraction of sp³-hybridized carbons (Fsp3) is 0.333. The third-order valence-electron chi connectivity index (χ3n) is 4.37. The number of sulfonamides is 1. The second kappa shape index (κ2) is 6.48. The lowest BCUT2D eigenvalue weighted by Gasteiger charge is -2.26. The molecule has 0 bridgehead atoms. The number of aromatic nitrogens is 1. The van der Waals surface area contributed by atoms with E-state index in [4.69, 9.17) is 0 Å². The van der Waals surface area contributed by atoms with Crippen molar-refractivity contribution >= 4 is 21.6 Å². The van der Waals surface area contributed by atoms with Gasteiger partial charge in [-0.15, -0.1) is 0 Å². The maximum atomic E-state index is 12.7. The minimum absolute atomic E-state index is 0.0528. The van der Waals surface area contributed by atoms with Gasteiger partial charge in [0.15, 0.2) is 0 Å². The first kappa shape index (κ1) is 17.4. The number of pyridine rings is 1. The first-order valence-electron chi connectivity index (χ1n) is 8.14. The number of nitrogens with zero attached hydrogens (tertiary/aromatic N) is 1. The summed E-state index contributed by atoms with van der Waals surface area (Å²) in [6.07, 6.45) is 5.13. The Morgan fingerprint density at radius 1 is 1.16 bits per heavy atom. The van der Waals surface area contributed by atoms with Crippen LogP contribution in [0.5, 0.6) is 0 Å². The third kappa shape index (κ3) is 3.99. The molecule has 0 aliphatic heterocycles. The molecule has 1 heterocycles. The van der Waals surface area contributed by atoms with E-state index in [9.17, 15) is 13.2 Å². The zero-order valence-corrected chi connectivity index (χ0v) is 15.0. The number of amides is 1. The van der Waals surface area contributed by atoms with Crippen LogP contribution in [0.15, 0.2) is 53.7 Å². The molecule has 2 N–H and O–H groups in total. The molecule has 3 rings (SSSR count). The van der Waals surface area contributed by atoms with E-state index in [-0.39, 0.29) is 21.9 Å². The summed E-state index contributed by atoms with van der Waals surface area (Å²) >= 11 is 0. The smallest absolute Gasteiger partial charge is 0.262 e. The normalized spacial score (nSPS) is 14.8. The highest BCUT2D eigenvalue weighted by Gasteiger charge is 2.39. The molecular formula is C18H21N3O3S. The maximum Gasteiger partial charge on any atom is 0.262 e. The van der Waals surface area contributed by atoms with Crippen LogP contribution in [0.3, 0.4) is 0 Å². The Kier molecular flexibility index (Phi) is 4.51. The van der Waals surface area contributed by atoms with Gasteiger partial charge in [-0.2, -0.15) is 0 Å². The molecule has 1 fully saturated rings. The molecule has 0 radical (unpaired) electrons. The lowest BCUT2D eigenvalue weighted by molar-refractivity contribution is 0.0900. The summed E-state index contributed by atoms with van der Waals surface area (Å²) in [6.45, 7) is 3.93. The van der Waals surface area contributed by atoms with E-state index in [2.05, 4.69) is 15.0 Å². The van der Waals surface area contributed by atoms with Gasteiger partial charge in [0.1, 0.15) is 4.90 Å². The fourth-order valence-corrected chi connectivity index (χ4v) is 4.04. The fourth-order valence-electron chi connectivity index (χ4n) is 2.79. The lowest BCUT2D eigenvalue weighted by atomic mass is 9.98. The van der Waals surface area contributed by atoms with Crippen LogP contribution < -0.4 is 10.0 Å².